The monoisotopic (exact) mass is 423 g/mol. The molecule has 0 fully saturated rings. The smallest absolute Gasteiger partial charge is 0.224 e. The Kier molecular flexibility index (Phi) is 6.60. The van der Waals surface area contributed by atoms with Crippen LogP contribution in [0, 0.1) is 18.3 Å². The van der Waals surface area contributed by atoms with Crippen LogP contribution >= 0.6 is 11.6 Å². The van der Waals surface area contributed by atoms with E-state index in [-0.39, 0.29) is 5.91 Å². The number of nitrogens with zero attached hydrogens (tertiary/aromatic N) is 3. The predicted molar refractivity (Wildman–Crippen MR) is 117 cm³/mol. The first-order valence-electron chi connectivity index (χ1n) is 9.43. The Balaban J connectivity index is 1.94. The van der Waals surface area contributed by atoms with Gasteiger partial charge in [0.2, 0.25) is 5.91 Å². The van der Waals surface area contributed by atoms with E-state index < -0.39 is 0 Å². The highest BCUT2D eigenvalue weighted by Crippen LogP contribution is 2.35. The number of rotatable bonds is 7. The van der Waals surface area contributed by atoms with Gasteiger partial charge in [-0.05, 0) is 36.8 Å². The van der Waals surface area contributed by atoms with Crippen LogP contribution in [0.1, 0.15) is 30.2 Å². The first kappa shape index (κ1) is 21.2. The van der Waals surface area contributed by atoms with E-state index in [1.165, 1.54) is 7.11 Å². The minimum absolute atomic E-state index is 0.140. The summed E-state index contributed by atoms with van der Waals surface area (Å²) in [5.41, 5.74) is 3.26. The molecule has 3 rings (SSSR count). The van der Waals surface area contributed by atoms with Gasteiger partial charge < -0.3 is 15.4 Å². The van der Waals surface area contributed by atoms with Gasteiger partial charge in [0.1, 0.15) is 17.5 Å². The van der Waals surface area contributed by atoms with Crippen LogP contribution < -0.4 is 15.4 Å². The van der Waals surface area contributed by atoms with Crippen molar-refractivity contribution in [2.24, 2.45) is 0 Å². The Bertz CT molecular complexity index is 1100. The van der Waals surface area contributed by atoms with Crippen molar-refractivity contribution in [1.29, 1.82) is 5.26 Å². The van der Waals surface area contributed by atoms with Gasteiger partial charge in [0.25, 0.3) is 0 Å². The number of hydrogen-bond acceptors (Lipinski definition) is 5. The van der Waals surface area contributed by atoms with Crippen LogP contribution in [0.25, 0.3) is 5.69 Å². The molecule has 0 aliphatic rings. The number of para-hydroxylation sites is 1. The number of methoxy groups -OCH3 is 1. The van der Waals surface area contributed by atoms with E-state index in [0.717, 1.165) is 11.3 Å². The topological polar surface area (TPSA) is 92.0 Å². The molecule has 1 heterocycles. The third-order valence-electron chi connectivity index (χ3n) is 4.54. The van der Waals surface area contributed by atoms with Gasteiger partial charge in [-0.15, -0.1) is 0 Å². The number of ether oxygens (including phenoxy) is 1. The van der Waals surface area contributed by atoms with Gasteiger partial charge in [-0.2, -0.15) is 10.4 Å². The molecule has 8 heteroatoms. The molecule has 30 heavy (non-hydrogen) atoms. The van der Waals surface area contributed by atoms with Gasteiger partial charge in [-0.1, -0.05) is 36.7 Å². The zero-order chi connectivity index (χ0) is 21.7. The van der Waals surface area contributed by atoms with Gasteiger partial charge in [-0.25, -0.2) is 4.68 Å². The van der Waals surface area contributed by atoms with E-state index in [0.29, 0.717) is 46.5 Å². The summed E-state index contributed by atoms with van der Waals surface area (Å²) in [5, 5.41) is 20.6. The van der Waals surface area contributed by atoms with Gasteiger partial charge in [0.15, 0.2) is 5.75 Å². The largest absolute Gasteiger partial charge is 0.493 e. The molecule has 1 amide bonds. The highest BCUT2D eigenvalue weighted by Gasteiger charge is 2.17. The van der Waals surface area contributed by atoms with E-state index in [9.17, 15) is 10.1 Å². The summed E-state index contributed by atoms with van der Waals surface area (Å²) < 4.78 is 7.04. The third kappa shape index (κ3) is 4.39. The summed E-state index contributed by atoms with van der Waals surface area (Å²) in [4.78, 5) is 11.9. The number of aromatic nitrogens is 2. The second-order valence-corrected chi connectivity index (χ2v) is 6.99. The van der Waals surface area contributed by atoms with Gasteiger partial charge in [0, 0.05) is 13.0 Å². The van der Waals surface area contributed by atoms with Crippen molar-refractivity contribution in [3.63, 3.8) is 0 Å². The molecule has 0 radical (unpaired) electrons. The van der Waals surface area contributed by atoms with Crippen LogP contribution in [0.3, 0.4) is 0 Å². The first-order chi connectivity index (χ1) is 14.5. The molecule has 0 saturated carbocycles. The number of aryl methyl sites for hydroxylation is 1. The predicted octanol–water partition coefficient (Wildman–Crippen LogP) is 4.68. The van der Waals surface area contributed by atoms with Crippen molar-refractivity contribution in [2.75, 3.05) is 17.7 Å². The molecule has 2 aromatic carbocycles. The lowest BCUT2D eigenvalue weighted by molar-refractivity contribution is -0.115. The quantitative estimate of drug-likeness (QED) is 0.575. The van der Waals surface area contributed by atoms with Crippen molar-refractivity contribution < 1.29 is 9.53 Å². The summed E-state index contributed by atoms with van der Waals surface area (Å²) in [7, 11) is 1.50. The first-order valence-corrected chi connectivity index (χ1v) is 9.81. The Labute approximate surface area is 180 Å². The zero-order valence-electron chi connectivity index (χ0n) is 17.0. The second-order valence-electron chi connectivity index (χ2n) is 6.58. The van der Waals surface area contributed by atoms with Crippen LogP contribution in [-0.4, -0.2) is 22.8 Å². The van der Waals surface area contributed by atoms with Crippen molar-refractivity contribution in [1.82, 2.24) is 9.78 Å². The number of nitriles is 1. The molecule has 0 saturated heterocycles. The number of amides is 1. The molecule has 0 aliphatic carbocycles. The molecule has 0 unspecified atom stereocenters. The summed E-state index contributed by atoms with van der Waals surface area (Å²) >= 11 is 6.36. The summed E-state index contributed by atoms with van der Waals surface area (Å²) in [6.45, 7) is 3.93. The number of benzene rings is 2. The standard InChI is InChI=1S/C22H22ClN5O2/c1-4-20(29)26-19-11-15(10-18(23)21(19)30-3)13-25-22-17(12-24)14(2)27-28(22)16-8-6-5-7-9-16/h5-11,25H,4,13H2,1-3H3,(H,26,29). The van der Waals surface area contributed by atoms with Gasteiger partial charge in [-0.3, -0.25) is 4.79 Å². The Morgan fingerprint density at radius 2 is 2.03 bits per heavy atom. The second kappa shape index (κ2) is 9.33. The minimum atomic E-state index is -0.140. The molecule has 154 valence electrons. The molecule has 3 aromatic rings. The number of nitrogens with one attached hydrogen (secondary N) is 2. The summed E-state index contributed by atoms with van der Waals surface area (Å²) in [6, 6.07) is 15.4. The maximum atomic E-state index is 11.9. The van der Waals surface area contributed by atoms with E-state index in [1.54, 1.807) is 30.7 Å². The minimum Gasteiger partial charge on any atom is -0.493 e. The molecule has 0 atom stereocenters. The molecule has 0 spiro atoms. The van der Waals surface area contributed by atoms with Crippen LogP contribution in [-0.2, 0) is 11.3 Å². The van der Waals surface area contributed by atoms with Crippen molar-refractivity contribution in [3.05, 3.63) is 64.3 Å². The number of anilines is 2. The van der Waals surface area contributed by atoms with Crippen LogP contribution in [0.5, 0.6) is 5.75 Å². The number of carbonyl (C=O) groups is 1. The van der Waals surface area contributed by atoms with E-state index >= 15 is 0 Å². The molecule has 1 aromatic heterocycles. The fourth-order valence-electron chi connectivity index (χ4n) is 3.06. The lowest BCUT2D eigenvalue weighted by atomic mass is 10.1. The summed E-state index contributed by atoms with van der Waals surface area (Å²) in [5.74, 6) is 0.858. The Morgan fingerprint density at radius 3 is 2.67 bits per heavy atom. The van der Waals surface area contributed by atoms with E-state index in [1.807, 2.05) is 30.3 Å². The fraction of sp³-hybridized carbons (Fsp3) is 0.227. The van der Waals surface area contributed by atoms with Crippen LogP contribution in [0.2, 0.25) is 5.02 Å². The number of hydrogen-bond donors (Lipinski definition) is 2. The number of carbonyl (C=O) groups excluding carboxylic acids is 1. The highest BCUT2D eigenvalue weighted by molar-refractivity contribution is 6.32. The molecule has 7 nitrogen and oxygen atoms in total. The third-order valence-corrected chi connectivity index (χ3v) is 4.82. The zero-order valence-corrected chi connectivity index (χ0v) is 17.7. The van der Waals surface area contributed by atoms with Crippen LogP contribution in [0.4, 0.5) is 11.5 Å². The van der Waals surface area contributed by atoms with E-state index in [4.69, 9.17) is 16.3 Å². The highest BCUT2D eigenvalue weighted by atomic mass is 35.5. The van der Waals surface area contributed by atoms with Crippen LogP contribution in [0.15, 0.2) is 42.5 Å². The molecular formula is C22H22ClN5O2. The maximum Gasteiger partial charge on any atom is 0.224 e. The SMILES string of the molecule is CCC(=O)Nc1cc(CNc2c(C#N)c(C)nn2-c2ccccc2)cc(Cl)c1OC. The molecule has 0 bridgehead atoms. The van der Waals surface area contributed by atoms with Crippen molar-refractivity contribution >= 4 is 29.0 Å². The average Bonchev–Trinajstić information content (AvgIpc) is 3.07. The molecule has 2 N–H and O–H groups in total. The normalized spacial score (nSPS) is 10.4. The van der Waals surface area contributed by atoms with Gasteiger partial charge in [0.05, 0.1) is 29.2 Å². The van der Waals surface area contributed by atoms with E-state index in [2.05, 4.69) is 21.8 Å². The Hall–Kier alpha value is -3.50. The summed E-state index contributed by atoms with van der Waals surface area (Å²) in [6.07, 6.45) is 0.338. The number of halogens is 1. The average molecular weight is 424 g/mol. The maximum absolute atomic E-state index is 11.9. The lowest BCUT2D eigenvalue weighted by Gasteiger charge is -2.15. The Morgan fingerprint density at radius 1 is 1.30 bits per heavy atom. The molecule has 0 aliphatic heterocycles. The fourth-order valence-corrected chi connectivity index (χ4v) is 3.38. The molecular weight excluding hydrogens is 402 g/mol. The van der Waals surface area contributed by atoms with Gasteiger partial charge >= 0.3 is 0 Å². The lowest BCUT2D eigenvalue weighted by Crippen LogP contribution is -2.12. The van der Waals surface area contributed by atoms with Crippen molar-refractivity contribution in [2.45, 2.75) is 26.8 Å². The van der Waals surface area contributed by atoms with Crippen molar-refractivity contribution in [3.8, 4) is 17.5 Å².